The Hall–Kier alpha value is -1.51. The third kappa shape index (κ3) is 1.49. The summed E-state index contributed by atoms with van der Waals surface area (Å²) in [6.45, 7) is 3.40. The second-order valence-corrected chi connectivity index (χ2v) is 2.07. The first kappa shape index (κ1) is 7.60. The smallest absolute Gasteiger partial charge is 0.318 e. The largest absolute Gasteiger partial charge is 0.480 e. The Balaban J connectivity index is 2.88. The van der Waals surface area contributed by atoms with E-state index in [0.29, 0.717) is 5.76 Å². The topological polar surface area (TPSA) is 50.4 Å². The molecule has 1 aromatic rings. The predicted octanol–water partition coefficient (Wildman–Crippen LogP) is 1.63. The van der Waals surface area contributed by atoms with Gasteiger partial charge in [0, 0.05) is 0 Å². The number of rotatable bonds is 3. The van der Waals surface area contributed by atoms with Gasteiger partial charge in [-0.2, -0.15) is 0 Å². The number of carboxylic acid groups (broad SMARTS) is 1. The highest BCUT2D eigenvalue weighted by molar-refractivity contribution is 5.77. The van der Waals surface area contributed by atoms with Crippen LogP contribution in [-0.2, 0) is 4.79 Å². The van der Waals surface area contributed by atoms with Crippen molar-refractivity contribution in [3.8, 4) is 0 Å². The van der Waals surface area contributed by atoms with Gasteiger partial charge in [-0.05, 0) is 12.1 Å². The lowest BCUT2D eigenvalue weighted by Gasteiger charge is -2.00. The summed E-state index contributed by atoms with van der Waals surface area (Å²) in [5, 5.41) is 8.61. The maximum absolute atomic E-state index is 10.5. The van der Waals surface area contributed by atoms with Gasteiger partial charge >= 0.3 is 5.97 Å². The maximum atomic E-state index is 10.5. The molecular weight excluding hydrogens is 144 g/mol. The van der Waals surface area contributed by atoms with Crippen LogP contribution < -0.4 is 0 Å². The minimum absolute atomic E-state index is 0.410. The molecule has 0 saturated carbocycles. The average molecular weight is 152 g/mol. The highest BCUT2D eigenvalue weighted by atomic mass is 16.4. The summed E-state index contributed by atoms with van der Waals surface area (Å²) in [7, 11) is 0. The van der Waals surface area contributed by atoms with E-state index in [1.165, 1.54) is 12.3 Å². The molecule has 3 nitrogen and oxygen atoms in total. The van der Waals surface area contributed by atoms with E-state index in [4.69, 9.17) is 9.52 Å². The zero-order valence-electron chi connectivity index (χ0n) is 5.86. The standard InChI is InChI=1S/C8H8O3/c1-2-6(8(9)10)7-4-3-5-11-7/h2-6H,1H2,(H,9,10). The van der Waals surface area contributed by atoms with Gasteiger partial charge in [0.2, 0.25) is 0 Å². The molecule has 0 fully saturated rings. The van der Waals surface area contributed by atoms with Crippen molar-refractivity contribution in [2.45, 2.75) is 5.92 Å². The fourth-order valence-electron chi connectivity index (χ4n) is 0.807. The summed E-state index contributed by atoms with van der Waals surface area (Å²) in [4.78, 5) is 10.5. The van der Waals surface area contributed by atoms with Crippen molar-refractivity contribution in [2.75, 3.05) is 0 Å². The van der Waals surface area contributed by atoms with E-state index in [1.807, 2.05) is 0 Å². The van der Waals surface area contributed by atoms with E-state index < -0.39 is 11.9 Å². The van der Waals surface area contributed by atoms with E-state index in [0.717, 1.165) is 0 Å². The summed E-state index contributed by atoms with van der Waals surface area (Å²) >= 11 is 0. The molecule has 0 spiro atoms. The summed E-state index contributed by atoms with van der Waals surface area (Å²) in [5.74, 6) is -1.27. The van der Waals surface area contributed by atoms with E-state index in [-0.39, 0.29) is 0 Å². The monoisotopic (exact) mass is 152 g/mol. The molecule has 1 N–H and O–H groups in total. The van der Waals surface area contributed by atoms with Crippen LogP contribution >= 0.6 is 0 Å². The molecular formula is C8H8O3. The zero-order chi connectivity index (χ0) is 8.27. The molecule has 1 heterocycles. The first-order valence-electron chi connectivity index (χ1n) is 3.14. The zero-order valence-corrected chi connectivity index (χ0v) is 5.86. The van der Waals surface area contributed by atoms with Crippen molar-refractivity contribution < 1.29 is 14.3 Å². The van der Waals surface area contributed by atoms with Gasteiger partial charge in [0.15, 0.2) is 0 Å². The predicted molar refractivity (Wildman–Crippen MR) is 39.3 cm³/mol. The Morgan fingerprint density at radius 3 is 2.91 bits per heavy atom. The van der Waals surface area contributed by atoms with Crippen LogP contribution in [0, 0.1) is 0 Å². The van der Waals surface area contributed by atoms with Gasteiger partial charge in [-0.1, -0.05) is 6.08 Å². The van der Waals surface area contributed by atoms with Crippen LogP contribution in [0.4, 0.5) is 0 Å². The summed E-state index contributed by atoms with van der Waals surface area (Å²) < 4.78 is 4.90. The van der Waals surface area contributed by atoms with E-state index in [9.17, 15) is 4.79 Å². The molecule has 0 saturated heterocycles. The Kier molecular flexibility index (Phi) is 2.11. The van der Waals surface area contributed by atoms with Crippen LogP contribution in [0.1, 0.15) is 11.7 Å². The van der Waals surface area contributed by atoms with Crippen molar-refractivity contribution in [3.05, 3.63) is 36.8 Å². The molecule has 0 aliphatic carbocycles. The molecule has 1 aromatic heterocycles. The van der Waals surface area contributed by atoms with Crippen molar-refractivity contribution in [3.63, 3.8) is 0 Å². The van der Waals surface area contributed by atoms with E-state index >= 15 is 0 Å². The number of carboxylic acids is 1. The first-order chi connectivity index (χ1) is 5.25. The van der Waals surface area contributed by atoms with Gasteiger partial charge < -0.3 is 9.52 Å². The Bertz CT molecular complexity index is 248. The highest BCUT2D eigenvalue weighted by Crippen LogP contribution is 2.16. The van der Waals surface area contributed by atoms with E-state index in [2.05, 4.69) is 6.58 Å². The first-order valence-corrected chi connectivity index (χ1v) is 3.14. The second kappa shape index (κ2) is 3.05. The van der Waals surface area contributed by atoms with Crippen LogP contribution in [-0.4, -0.2) is 11.1 Å². The normalized spacial score (nSPS) is 12.4. The Morgan fingerprint density at radius 1 is 1.82 bits per heavy atom. The van der Waals surface area contributed by atoms with E-state index in [1.54, 1.807) is 12.1 Å². The number of furan rings is 1. The molecule has 1 atom stereocenters. The molecule has 0 bridgehead atoms. The van der Waals surface area contributed by atoms with Gasteiger partial charge in [0.1, 0.15) is 11.7 Å². The lowest BCUT2D eigenvalue weighted by molar-refractivity contribution is -0.137. The summed E-state index contributed by atoms with van der Waals surface area (Å²) in [5.41, 5.74) is 0. The van der Waals surface area contributed by atoms with Crippen LogP contribution in [0.5, 0.6) is 0 Å². The van der Waals surface area contributed by atoms with Crippen LogP contribution in [0.2, 0.25) is 0 Å². The van der Waals surface area contributed by atoms with Gasteiger partial charge in [0.25, 0.3) is 0 Å². The quantitative estimate of drug-likeness (QED) is 0.669. The third-order valence-corrected chi connectivity index (χ3v) is 1.35. The summed E-state index contributed by atoms with van der Waals surface area (Å²) in [6, 6.07) is 3.26. The molecule has 0 radical (unpaired) electrons. The molecule has 11 heavy (non-hydrogen) atoms. The minimum Gasteiger partial charge on any atom is -0.480 e. The number of hydrogen-bond donors (Lipinski definition) is 1. The molecule has 0 amide bonds. The number of aliphatic carboxylic acids is 1. The van der Waals surface area contributed by atoms with Crippen LogP contribution in [0.25, 0.3) is 0 Å². The molecule has 1 rings (SSSR count). The highest BCUT2D eigenvalue weighted by Gasteiger charge is 2.17. The fourth-order valence-corrected chi connectivity index (χ4v) is 0.807. The summed E-state index contributed by atoms with van der Waals surface area (Å²) in [6.07, 6.45) is 2.77. The average Bonchev–Trinajstić information content (AvgIpc) is 2.40. The lowest BCUT2D eigenvalue weighted by atomic mass is 10.1. The molecule has 58 valence electrons. The fraction of sp³-hybridized carbons (Fsp3) is 0.125. The lowest BCUT2D eigenvalue weighted by Crippen LogP contribution is -2.07. The van der Waals surface area contributed by atoms with Crippen molar-refractivity contribution >= 4 is 5.97 Å². The van der Waals surface area contributed by atoms with Crippen molar-refractivity contribution in [2.24, 2.45) is 0 Å². The van der Waals surface area contributed by atoms with Gasteiger partial charge in [-0.3, -0.25) is 4.79 Å². The van der Waals surface area contributed by atoms with Gasteiger partial charge in [0.05, 0.1) is 6.26 Å². The molecule has 3 heteroatoms. The maximum Gasteiger partial charge on any atom is 0.318 e. The number of carbonyl (C=O) groups is 1. The molecule has 0 aromatic carbocycles. The van der Waals surface area contributed by atoms with Crippen LogP contribution in [0.3, 0.4) is 0 Å². The van der Waals surface area contributed by atoms with Crippen molar-refractivity contribution in [1.82, 2.24) is 0 Å². The molecule has 1 unspecified atom stereocenters. The SMILES string of the molecule is C=CC(C(=O)O)c1ccco1. The van der Waals surface area contributed by atoms with Crippen LogP contribution in [0.15, 0.2) is 35.5 Å². The minimum atomic E-state index is -0.949. The molecule has 0 aliphatic rings. The Morgan fingerprint density at radius 2 is 2.55 bits per heavy atom. The Labute approximate surface area is 64.0 Å². The number of hydrogen-bond acceptors (Lipinski definition) is 2. The van der Waals surface area contributed by atoms with Crippen molar-refractivity contribution in [1.29, 1.82) is 0 Å². The third-order valence-electron chi connectivity index (χ3n) is 1.35. The second-order valence-electron chi connectivity index (χ2n) is 2.07. The van der Waals surface area contributed by atoms with Gasteiger partial charge in [-0.25, -0.2) is 0 Å². The van der Waals surface area contributed by atoms with Gasteiger partial charge in [-0.15, -0.1) is 6.58 Å². The molecule has 0 aliphatic heterocycles.